The number of nitrogens with zero attached hydrogens (tertiary/aromatic N) is 3. The minimum atomic E-state index is -2.04. The number of benzene rings is 2. The van der Waals surface area contributed by atoms with Crippen LogP contribution in [0.15, 0.2) is 82.9 Å². The van der Waals surface area contributed by atoms with Crippen molar-refractivity contribution in [3.05, 3.63) is 100 Å². The second kappa shape index (κ2) is 22.7. The Morgan fingerprint density at radius 2 is 1.58 bits per heavy atom. The fourth-order valence-corrected chi connectivity index (χ4v) is 11.4. The molecule has 0 radical (unpaired) electrons. The Bertz CT molecular complexity index is 2730. The summed E-state index contributed by atoms with van der Waals surface area (Å²) in [5.41, 5.74) is -0.428. The van der Waals surface area contributed by atoms with Gasteiger partial charge in [0.25, 0.3) is 11.7 Å². The molecule has 76 heavy (non-hydrogen) atoms. The highest BCUT2D eigenvalue weighted by Gasteiger charge is 2.54. The lowest BCUT2D eigenvalue weighted by Gasteiger charge is -2.38. The number of aliphatic hydroxyl groups excluding tert-OH is 2. The SMILES string of the molecule is CO[C@H]1/C=C/O[C@@]2(C)Oc3c(C)c(O)c4c(c3C2=O)C2=NC3(CCN(CC(C)C)CC3)NC2=C(NC(=O)/C(C)=C\C=C\[C@H](C)[C@H](O)[C@@H](C)[C@@H](O)[C@@H](C)[C@H](OC(=O)CC(=O)N2CCC(Oc3ccccc3)CC2)[C@@H]1C)C4=O. The van der Waals surface area contributed by atoms with Crippen LogP contribution in [0.1, 0.15) is 119 Å². The molecular formula is C58H75N5O13. The summed E-state index contributed by atoms with van der Waals surface area (Å²) < 4.78 is 30.8. The number of para-hydroxylation sites is 1. The summed E-state index contributed by atoms with van der Waals surface area (Å²) in [7, 11) is 1.44. The number of ether oxygens (including phenoxy) is 5. The molecule has 1 aliphatic carbocycles. The number of amides is 2. The average Bonchev–Trinajstić information content (AvgIpc) is 4.01. The number of aromatic hydroxyl groups is 1. The molecule has 9 rings (SSSR count). The second-order valence-corrected chi connectivity index (χ2v) is 22.1. The molecule has 0 aromatic heterocycles. The minimum Gasteiger partial charge on any atom is -0.507 e. The number of phenols is 1. The highest BCUT2D eigenvalue weighted by Crippen LogP contribution is 2.50. The summed E-state index contributed by atoms with van der Waals surface area (Å²) in [4.78, 5) is 80.6. The first-order valence-corrected chi connectivity index (χ1v) is 26.7. The van der Waals surface area contributed by atoms with Crippen LogP contribution in [0.4, 0.5) is 0 Å². The largest absolute Gasteiger partial charge is 0.507 e. The molecule has 5 bridgehead atoms. The number of Topliss-reactive ketones (excluding diaryl/α,β-unsaturated/α-hetero) is 2. The molecule has 2 aromatic rings. The third kappa shape index (κ3) is 11.2. The Kier molecular flexibility index (Phi) is 16.7. The van der Waals surface area contributed by atoms with Crippen LogP contribution >= 0.6 is 0 Å². The maximum absolute atomic E-state index is 15.0. The number of piperidine rings is 2. The van der Waals surface area contributed by atoms with Gasteiger partial charge in [-0.15, -0.1) is 0 Å². The topological polar surface area (TPSA) is 235 Å². The number of ketones is 2. The Morgan fingerprint density at radius 1 is 0.895 bits per heavy atom. The average molecular weight is 1050 g/mol. The maximum Gasteiger partial charge on any atom is 0.315 e. The number of esters is 1. The first-order valence-electron chi connectivity index (χ1n) is 26.7. The van der Waals surface area contributed by atoms with Gasteiger partial charge in [0.15, 0.2) is 0 Å². The summed E-state index contributed by atoms with van der Waals surface area (Å²) in [5.74, 6) is -7.43. The van der Waals surface area contributed by atoms with Gasteiger partial charge in [-0.05, 0) is 38.0 Å². The number of carbonyl (C=O) groups excluding carboxylic acids is 5. The van der Waals surface area contributed by atoms with Gasteiger partial charge in [-0.1, -0.05) is 78.0 Å². The summed E-state index contributed by atoms with van der Waals surface area (Å²) in [5, 5.41) is 41.9. The molecule has 5 N–H and O–H groups in total. The van der Waals surface area contributed by atoms with E-state index in [-0.39, 0.29) is 56.8 Å². The zero-order valence-electron chi connectivity index (χ0n) is 45.4. The number of aliphatic imine (C=N–C) groups is 1. The molecule has 7 aliphatic rings. The van der Waals surface area contributed by atoms with E-state index in [1.54, 1.807) is 57.7 Å². The standard InChI is InChI=1S/C58H75N5O13/c1-31(2)30-62-26-22-58(23-27-62)60-46-43-44-51(68)37(8)54-45(43)55(70)57(9,76-54)73-28-21-40(72-10)34(5)53(75-42(65)29-41(64)63-24-19-39(20-25-63)74-38-17-12-11-13-18-38)36(7)50(67)35(6)49(66)32(3)15-14-16-33(4)56(71)59-48(52(44)69)47(46)61-58/h11-18,21,28,31-32,34-36,39-40,49-50,53,61,66-68H,19-20,22-27,29-30H2,1-10H3,(H,59,71)/b15-14+,28-21+,33-16-/t32-,34+,35+,36+,40-,49-,50+,53+,57-/m0/s1. The smallest absolute Gasteiger partial charge is 0.315 e. The molecule has 6 aliphatic heterocycles. The zero-order valence-corrected chi connectivity index (χ0v) is 45.4. The van der Waals surface area contributed by atoms with E-state index < -0.39 is 101 Å². The van der Waals surface area contributed by atoms with Gasteiger partial charge in [-0.2, -0.15) is 0 Å². The third-order valence-corrected chi connectivity index (χ3v) is 16.1. The van der Waals surface area contributed by atoms with E-state index in [0.29, 0.717) is 57.8 Å². The fraction of sp³-hybridized carbons (Fsp3) is 0.552. The molecule has 18 nitrogen and oxygen atoms in total. The number of allylic oxidation sites excluding steroid dienone is 4. The normalized spacial score (nSPS) is 30.9. The number of hydrogen-bond acceptors (Lipinski definition) is 16. The summed E-state index contributed by atoms with van der Waals surface area (Å²) in [6, 6.07) is 9.46. The number of methoxy groups -OCH3 is 1. The number of phenolic OH excluding ortho intramolecular Hbond substituents is 1. The second-order valence-electron chi connectivity index (χ2n) is 22.1. The number of hydrogen-bond donors (Lipinski definition) is 5. The Balaban J connectivity index is 1.11. The summed E-state index contributed by atoms with van der Waals surface area (Å²) in [6.07, 6.45) is 4.86. The molecule has 6 heterocycles. The molecule has 9 atom stereocenters. The van der Waals surface area contributed by atoms with Gasteiger partial charge >= 0.3 is 11.8 Å². The van der Waals surface area contributed by atoms with Crippen molar-refractivity contribution in [2.24, 2.45) is 34.6 Å². The van der Waals surface area contributed by atoms with Gasteiger partial charge in [-0.25, -0.2) is 0 Å². The van der Waals surface area contributed by atoms with Crippen molar-refractivity contribution >= 4 is 35.1 Å². The van der Waals surface area contributed by atoms with Gasteiger partial charge in [0.1, 0.15) is 47.2 Å². The predicted molar refractivity (Wildman–Crippen MR) is 282 cm³/mol. The third-order valence-electron chi connectivity index (χ3n) is 16.1. The molecule has 2 fully saturated rings. The number of nitrogens with one attached hydrogen (secondary N) is 2. The molecule has 18 heteroatoms. The minimum absolute atomic E-state index is 0.000283. The Morgan fingerprint density at radius 3 is 2.24 bits per heavy atom. The van der Waals surface area contributed by atoms with E-state index in [0.717, 1.165) is 12.3 Å². The van der Waals surface area contributed by atoms with Gasteiger partial charge in [-0.3, -0.25) is 29.0 Å². The van der Waals surface area contributed by atoms with Crippen molar-refractivity contribution < 1.29 is 63.0 Å². The summed E-state index contributed by atoms with van der Waals surface area (Å²) >= 11 is 0. The van der Waals surface area contributed by atoms with E-state index >= 15 is 0 Å². The molecular weight excluding hydrogens is 975 g/mol. The van der Waals surface area contributed by atoms with Gasteiger partial charge < -0.3 is 59.4 Å². The molecule has 2 amide bonds. The molecule has 2 saturated heterocycles. The van der Waals surface area contributed by atoms with Crippen molar-refractivity contribution in [1.29, 1.82) is 0 Å². The lowest BCUT2D eigenvalue weighted by Crippen LogP contribution is -2.50. The monoisotopic (exact) mass is 1050 g/mol. The van der Waals surface area contributed by atoms with E-state index in [2.05, 4.69) is 29.4 Å². The van der Waals surface area contributed by atoms with Crippen molar-refractivity contribution in [1.82, 2.24) is 20.4 Å². The predicted octanol–water partition coefficient (Wildman–Crippen LogP) is 6.06. The van der Waals surface area contributed by atoms with Gasteiger partial charge in [0, 0.05) is 113 Å². The molecule has 0 unspecified atom stereocenters. The number of rotatable bonds is 8. The van der Waals surface area contributed by atoms with Crippen LogP contribution in [0.3, 0.4) is 0 Å². The highest BCUT2D eigenvalue weighted by molar-refractivity contribution is 6.34. The van der Waals surface area contributed by atoms with Crippen molar-refractivity contribution in [3.8, 4) is 17.2 Å². The lowest BCUT2D eigenvalue weighted by molar-refractivity contribution is -0.165. The Labute approximate surface area is 445 Å². The van der Waals surface area contributed by atoms with Crippen molar-refractivity contribution in [2.45, 2.75) is 136 Å². The van der Waals surface area contributed by atoms with Crippen LogP contribution in [0, 0.1) is 36.5 Å². The van der Waals surface area contributed by atoms with Gasteiger partial charge in [0.05, 0.1) is 47.1 Å². The fourth-order valence-electron chi connectivity index (χ4n) is 11.4. The number of carbonyl (C=O) groups is 5. The number of likely N-dealkylation sites (tertiary alicyclic amines) is 2. The van der Waals surface area contributed by atoms with E-state index in [9.17, 15) is 39.3 Å². The Hall–Kier alpha value is -6.34. The lowest BCUT2D eigenvalue weighted by atomic mass is 9.78. The number of fused-ring (bicyclic) bond motifs is 13. The molecule has 2 aromatic carbocycles. The summed E-state index contributed by atoms with van der Waals surface area (Å²) in [6.45, 7) is 18.8. The van der Waals surface area contributed by atoms with E-state index in [1.165, 1.54) is 33.3 Å². The van der Waals surface area contributed by atoms with E-state index in [1.807, 2.05) is 30.3 Å². The molecule has 1 spiro atoms. The first-order chi connectivity index (χ1) is 36.1. The van der Waals surface area contributed by atoms with Crippen LogP contribution in [0.25, 0.3) is 0 Å². The first kappa shape index (κ1) is 55.9. The number of aliphatic hydroxyl groups is 2. The highest BCUT2D eigenvalue weighted by atomic mass is 16.7. The van der Waals surface area contributed by atoms with Crippen LogP contribution < -0.4 is 20.1 Å². The van der Waals surface area contributed by atoms with Crippen LogP contribution in [-0.2, 0) is 28.6 Å². The maximum atomic E-state index is 15.0. The zero-order chi connectivity index (χ0) is 55.0. The molecule has 0 saturated carbocycles. The van der Waals surface area contributed by atoms with Crippen LogP contribution in [0.2, 0.25) is 0 Å². The van der Waals surface area contributed by atoms with Gasteiger partial charge in [0.2, 0.25) is 11.7 Å². The van der Waals surface area contributed by atoms with Crippen LogP contribution in [0.5, 0.6) is 17.2 Å². The molecule has 410 valence electrons. The van der Waals surface area contributed by atoms with Crippen molar-refractivity contribution in [3.63, 3.8) is 0 Å². The quantitative estimate of drug-likeness (QED) is 0.149. The van der Waals surface area contributed by atoms with E-state index in [4.69, 9.17) is 28.7 Å². The van der Waals surface area contributed by atoms with Crippen molar-refractivity contribution in [2.75, 3.05) is 39.8 Å². The van der Waals surface area contributed by atoms with Crippen LogP contribution in [-0.4, -0.2) is 142 Å².